The van der Waals surface area contributed by atoms with Crippen molar-refractivity contribution in [1.82, 2.24) is 5.32 Å². The molecule has 3 heteroatoms. The third-order valence-corrected chi connectivity index (χ3v) is 2.93. The van der Waals surface area contributed by atoms with E-state index in [0.717, 1.165) is 0 Å². The van der Waals surface area contributed by atoms with Gasteiger partial charge < -0.3 is 4.90 Å². The molecule has 1 N–H and O–H groups in total. The van der Waals surface area contributed by atoms with E-state index in [1.54, 1.807) is 0 Å². The van der Waals surface area contributed by atoms with Crippen LogP contribution in [0.15, 0.2) is 24.3 Å². The molecule has 98 valence electrons. The van der Waals surface area contributed by atoms with E-state index in [2.05, 4.69) is 49.2 Å². The maximum absolute atomic E-state index is 9.36. The Bertz CT molecular complexity index is 434. The Balaban J connectivity index is 2.84. The van der Waals surface area contributed by atoms with Crippen LogP contribution in [0.3, 0.4) is 0 Å². The first-order valence-corrected chi connectivity index (χ1v) is 6.33. The van der Waals surface area contributed by atoms with Crippen molar-refractivity contribution in [3.05, 3.63) is 29.8 Å². The maximum atomic E-state index is 9.36. The number of benzene rings is 1. The molecule has 0 aliphatic carbocycles. The maximum Gasteiger partial charge on any atom is 0.121 e. The van der Waals surface area contributed by atoms with E-state index in [4.69, 9.17) is 0 Å². The molecule has 0 aliphatic heterocycles. The molecular weight excluding hydrogens is 222 g/mol. The second-order valence-electron chi connectivity index (χ2n) is 5.39. The minimum Gasteiger partial charge on any atom is -0.371 e. The highest BCUT2D eigenvalue weighted by Gasteiger charge is 2.26. The standard InChI is InChI=1S/C15H23N3/c1-12(2)17-15(4,10-16)11-18(5)14-9-7-6-8-13(14)3/h6-9,12,17H,11H2,1-5H3. The van der Waals surface area contributed by atoms with Crippen molar-refractivity contribution in [3.63, 3.8) is 0 Å². The van der Waals surface area contributed by atoms with Gasteiger partial charge in [0.2, 0.25) is 0 Å². The van der Waals surface area contributed by atoms with Gasteiger partial charge in [0.05, 0.1) is 6.07 Å². The van der Waals surface area contributed by atoms with Crippen molar-refractivity contribution in [2.45, 2.75) is 39.3 Å². The van der Waals surface area contributed by atoms with Crippen molar-refractivity contribution >= 4 is 5.69 Å². The molecule has 1 rings (SSSR count). The molecule has 0 saturated heterocycles. The summed E-state index contributed by atoms with van der Waals surface area (Å²) in [6, 6.07) is 10.9. The van der Waals surface area contributed by atoms with E-state index >= 15 is 0 Å². The molecule has 0 bridgehead atoms. The van der Waals surface area contributed by atoms with Gasteiger partial charge in [-0.3, -0.25) is 5.32 Å². The summed E-state index contributed by atoms with van der Waals surface area (Å²) >= 11 is 0. The number of nitriles is 1. The number of nitrogens with one attached hydrogen (secondary N) is 1. The molecule has 18 heavy (non-hydrogen) atoms. The molecule has 1 aromatic rings. The summed E-state index contributed by atoms with van der Waals surface area (Å²) in [7, 11) is 2.03. The van der Waals surface area contributed by atoms with Crippen molar-refractivity contribution in [3.8, 4) is 6.07 Å². The van der Waals surface area contributed by atoms with Gasteiger partial charge in [-0.1, -0.05) is 18.2 Å². The van der Waals surface area contributed by atoms with Crippen LogP contribution in [0.4, 0.5) is 5.69 Å². The van der Waals surface area contributed by atoms with Crippen LogP contribution in [-0.4, -0.2) is 25.2 Å². The van der Waals surface area contributed by atoms with Crippen LogP contribution < -0.4 is 10.2 Å². The second kappa shape index (κ2) is 5.88. The van der Waals surface area contributed by atoms with Gasteiger partial charge in [0, 0.05) is 25.3 Å². The fourth-order valence-electron chi connectivity index (χ4n) is 2.30. The summed E-state index contributed by atoms with van der Waals surface area (Å²) in [5, 5.41) is 12.7. The fourth-order valence-corrected chi connectivity index (χ4v) is 2.30. The number of anilines is 1. The lowest BCUT2D eigenvalue weighted by atomic mass is 10.0. The summed E-state index contributed by atoms with van der Waals surface area (Å²) in [5.74, 6) is 0. The average Bonchev–Trinajstić information content (AvgIpc) is 2.28. The summed E-state index contributed by atoms with van der Waals surface area (Å²) in [6.45, 7) is 8.81. The molecule has 3 nitrogen and oxygen atoms in total. The van der Waals surface area contributed by atoms with Crippen LogP contribution in [-0.2, 0) is 0 Å². The fraction of sp³-hybridized carbons (Fsp3) is 0.533. The monoisotopic (exact) mass is 245 g/mol. The van der Waals surface area contributed by atoms with E-state index in [0.29, 0.717) is 12.6 Å². The molecule has 0 aromatic heterocycles. The lowest BCUT2D eigenvalue weighted by molar-refractivity contribution is 0.408. The molecule has 0 fully saturated rings. The van der Waals surface area contributed by atoms with Crippen molar-refractivity contribution in [1.29, 1.82) is 5.26 Å². The van der Waals surface area contributed by atoms with Gasteiger partial charge in [-0.15, -0.1) is 0 Å². The van der Waals surface area contributed by atoms with Gasteiger partial charge in [-0.05, 0) is 39.3 Å². The Morgan fingerprint density at radius 1 is 1.39 bits per heavy atom. The predicted molar refractivity (Wildman–Crippen MR) is 76.7 cm³/mol. The van der Waals surface area contributed by atoms with Crippen LogP contribution >= 0.6 is 0 Å². The largest absolute Gasteiger partial charge is 0.371 e. The number of likely N-dealkylation sites (N-methyl/N-ethyl adjacent to an activating group) is 1. The molecule has 0 aliphatic rings. The minimum atomic E-state index is -0.537. The highest BCUT2D eigenvalue weighted by atomic mass is 15.2. The van der Waals surface area contributed by atoms with Crippen LogP contribution in [0.25, 0.3) is 0 Å². The Labute approximate surface area is 110 Å². The smallest absolute Gasteiger partial charge is 0.121 e. The van der Waals surface area contributed by atoms with Crippen molar-refractivity contribution in [2.24, 2.45) is 0 Å². The van der Waals surface area contributed by atoms with Crippen LogP contribution in [0.5, 0.6) is 0 Å². The van der Waals surface area contributed by atoms with E-state index in [1.807, 2.05) is 26.1 Å². The number of para-hydroxylation sites is 1. The minimum absolute atomic E-state index is 0.292. The predicted octanol–water partition coefficient (Wildman–Crippen LogP) is 2.71. The quantitative estimate of drug-likeness (QED) is 0.867. The van der Waals surface area contributed by atoms with E-state index < -0.39 is 5.54 Å². The summed E-state index contributed by atoms with van der Waals surface area (Å²) < 4.78 is 0. The summed E-state index contributed by atoms with van der Waals surface area (Å²) in [5.41, 5.74) is 1.86. The van der Waals surface area contributed by atoms with Crippen LogP contribution in [0.1, 0.15) is 26.3 Å². The normalized spacial score (nSPS) is 14.1. The van der Waals surface area contributed by atoms with Crippen LogP contribution in [0.2, 0.25) is 0 Å². The average molecular weight is 245 g/mol. The molecule has 1 unspecified atom stereocenters. The summed E-state index contributed by atoms with van der Waals surface area (Å²) in [4.78, 5) is 2.13. The number of rotatable bonds is 5. The van der Waals surface area contributed by atoms with Crippen LogP contribution in [0, 0.1) is 18.3 Å². The Morgan fingerprint density at radius 2 is 2.00 bits per heavy atom. The van der Waals surface area contributed by atoms with Gasteiger partial charge in [0.15, 0.2) is 0 Å². The van der Waals surface area contributed by atoms with Crippen molar-refractivity contribution < 1.29 is 0 Å². The first-order valence-electron chi connectivity index (χ1n) is 6.33. The molecular formula is C15H23N3. The SMILES string of the molecule is Cc1ccccc1N(C)CC(C)(C#N)NC(C)C. The Morgan fingerprint density at radius 3 is 2.50 bits per heavy atom. The zero-order valence-corrected chi connectivity index (χ0v) is 12.0. The number of nitrogens with zero attached hydrogens (tertiary/aromatic N) is 2. The molecule has 0 radical (unpaired) electrons. The molecule has 1 atom stereocenters. The topological polar surface area (TPSA) is 39.1 Å². The van der Waals surface area contributed by atoms with E-state index in [9.17, 15) is 5.26 Å². The zero-order chi connectivity index (χ0) is 13.8. The molecule has 1 aromatic carbocycles. The lowest BCUT2D eigenvalue weighted by Gasteiger charge is -2.32. The highest BCUT2D eigenvalue weighted by Crippen LogP contribution is 2.20. The Hall–Kier alpha value is -1.53. The van der Waals surface area contributed by atoms with Gasteiger partial charge in [0.25, 0.3) is 0 Å². The number of hydrogen-bond acceptors (Lipinski definition) is 3. The molecule has 0 amide bonds. The third kappa shape index (κ3) is 3.75. The van der Waals surface area contributed by atoms with E-state index in [-0.39, 0.29) is 0 Å². The zero-order valence-electron chi connectivity index (χ0n) is 12.0. The van der Waals surface area contributed by atoms with E-state index in [1.165, 1.54) is 11.3 Å². The first-order chi connectivity index (χ1) is 8.38. The molecule has 0 spiro atoms. The lowest BCUT2D eigenvalue weighted by Crippen LogP contribution is -2.52. The molecule has 0 saturated carbocycles. The van der Waals surface area contributed by atoms with Gasteiger partial charge >= 0.3 is 0 Å². The molecule has 0 heterocycles. The first kappa shape index (κ1) is 14.5. The second-order valence-corrected chi connectivity index (χ2v) is 5.39. The summed E-state index contributed by atoms with van der Waals surface area (Å²) in [6.07, 6.45) is 0. The number of hydrogen-bond donors (Lipinski definition) is 1. The highest BCUT2D eigenvalue weighted by molar-refractivity contribution is 5.52. The van der Waals surface area contributed by atoms with Crippen molar-refractivity contribution in [2.75, 3.05) is 18.5 Å². The van der Waals surface area contributed by atoms with Gasteiger partial charge in [-0.25, -0.2) is 0 Å². The van der Waals surface area contributed by atoms with Gasteiger partial charge in [-0.2, -0.15) is 5.26 Å². The Kier molecular flexibility index (Phi) is 4.75. The number of aryl methyl sites for hydroxylation is 1. The third-order valence-electron chi connectivity index (χ3n) is 2.93. The van der Waals surface area contributed by atoms with Gasteiger partial charge in [0.1, 0.15) is 5.54 Å².